The number of fused-ring (bicyclic) bond motifs is 1. The third-order valence-corrected chi connectivity index (χ3v) is 5.17. The second-order valence-electron chi connectivity index (χ2n) is 4.79. The average molecular weight is 361 g/mol. The first kappa shape index (κ1) is 14.4. The molecule has 0 bridgehead atoms. The zero-order valence-corrected chi connectivity index (χ0v) is 13.8. The summed E-state index contributed by atoms with van der Waals surface area (Å²) in [5.74, 6) is 0.793. The summed E-state index contributed by atoms with van der Waals surface area (Å²) in [6.45, 7) is 2.02. The van der Waals surface area contributed by atoms with Gasteiger partial charge in [0.2, 0.25) is 5.78 Å². The molecule has 0 radical (unpaired) electrons. The minimum Gasteiger partial charge on any atom is -0.453 e. The second kappa shape index (κ2) is 6.08. The van der Waals surface area contributed by atoms with E-state index in [2.05, 4.69) is 15.9 Å². The van der Waals surface area contributed by atoms with Gasteiger partial charge in [0, 0.05) is 14.8 Å². The summed E-state index contributed by atoms with van der Waals surface area (Å²) in [5.41, 5.74) is 1.92. The summed E-state index contributed by atoms with van der Waals surface area (Å²) in [5, 5.41) is 0.976. The quantitative estimate of drug-likeness (QED) is 0.455. The van der Waals surface area contributed by atoms with E-state index < -0.39 is 0 Å². The van der Waals surface area contributed by atoms with Gasteiger partial charge in [0.1, 0.15) is 5.58 Å². The van der Waals surface area contributed by atoms with Crippen LogP contribution in [0.1, 0.15) is 16.1 Å². The van der Waals surface area contributed by atoms with E-state index in [1.165, 1.54) is 11.8 Å². The molecule has 0 saturated carbocycles. The molecule has 4 heteroatoms. The second-order valence-corrected chi connectivity index (χ2v) is 6.67. The van der Waals surface area contributed by atoms with Crippen LogP contribution in [0.4, 0.5) is 0 Å². The number of aryl methyl sites for hydroxylation is 1. The van der Waals surface area contributed by atoms with Crippen molar-refractivity contribution in [1.29, 1.82) is 0 Å². The molecule has 3 rings (SSSR count). The normalized spacial score (nSPS) is 11.0. The standard InChI is InChI=1S/C17H13BrO2S/c1-11-6-7-15-12(8-11)9-16(20-15)14(19)10-21-17-5-3-2-4-13(17)18/h2-9H,10H2,1H3. The van der Waals surface area contributed by atoms with Crippen molar-refractivity contribution < 1.29 is 9.21 Å². The molecular weight excluding hydrogens is 348 g/mol. The largest absolute Gasteiger partial charge is 0.453 e. The van der Waals surface area contributed by atoms with Gasteiger partial charge in [0.25, 0.3) is 0 Å². The number of carbonyl (C=O) groups excluding carboxylic acids is 1. The van der Waals surface area contributed by atoms with E-state index in [1.807, 2.05) is 55.5 Å². The molecule has 0 atom stereocenters. The maximum atomic E-state index is 12.3. The Bertz CT molecular complexity index is 807. The molecule has 0 unspecified atom stereocenters. The highest BCUT2D eigenvalue weighted by atomic mass is 79.9. The van der Waals surface area contributed by atoms with Gasteiger partial charge in [-0.05, 0) is 53.2 Å². The van der Waals surface area contributed by atoms with E-state index in [0.717, 1.165) is 25.9 Å². The first-order valence-corrected chi connectivity index (χ1v) is 8.32. The topological polar surface area (TPSA) is 30.2 Å². The Hall–Kier alpha value is -1.52. The van der Waals surface area contributed by atoms with Gasteiger partial charge in [0.15, 0.2) is 5.76 Å². The summed E-state index contributed by atoms with van der Waals surface area (Å²) in [6.07, 6.45) is 0. The smallest absolute Gasteiger partial charge is 0.208 e. The molecule has 0 spiro atoms. The Kier molecular flexibility index (Phi) is 4.17. The minimum atomic E-state index is 0.00426. The lowest BCUT2D eigenvalue weighted by Gasteiger charge is -2.01. The molecule has 21 heavy (non-hydrogen) atoms. The summed E-state index contributed by atoms with van der Waals surface area (Å²) >= 11 is 4.99. The summed E-state index contributed by atoms with van der Waals surface area (Å²) < 4.78 is 6.63. The predicted molar refractivity (Wildman–Crippen MR) is 90.1 cm³/mol. The molecule has 3 aromatic rings. The minimum absolute atomic E-state index is 0.00426. The highest BCUT2D eigenvalue weighted by molar-refractivity contribution is 9.10. The summed E-state index contributed by atoms with van der Waals surface area (Å²) in [7, 11) is 0. The van der Waals surface area contributed by atoms with Gasteiger partial charge in [-0.15, -0.1) is 11.8 Å². The Balaban J connectivity index is 1.76. The van der Waals surface area contributed by atoms with Gasteiger partial charge in [-0.1, -0.05) is 23.8 Å². The molecule has 0 amide bonds. The van der Waals surface area contributed by atoms with Gasteiger partial charge in [0.05, 0.1) is 5.75 Å². The summed E-state index contributed by atoms with van der Waals surface area (Å²) in [6, 6.07) is 15.6. The van der Waals surface area contributed by atoms with E-state index in [4.69, 9.17) is 4.42 Å². The number of hydrogen-bond acceptors (Lipinski definition) is 3. The van der Waals surface area contributed by atoms with Gasteiger partial charge in [-0.2, -0.15) is 0 Å². The molecule has 0 N–H and O–H groups in total. The Labute approximate surface area is 135 Å². The number of thioether (sulfide) groups is 1. The van der Waals surface area contributed by atoms with Crippen molar-refractivity contribution in [1.82, 2.24) is 0 Å². The number of rotatable bonds is 4. The van der Waals surface area contributed by atoms with E-state index in [1.54, 1.807) is 0 Å². The van der Waals surface area contributed by atoms with E-state index >= 15 is 0 Å². The highest BCUT2D eigenvalue weighted by Gasteiger charge is 2.13. The zero-order chi connectivity index (χ0) is 14.8. The molecular formula is C17H13BrO2S. The van der Waals surface area contributed by atoms with Crippen molar-refractivity contribution in [2.24, 2.45) is 0 Å². The van der Waals surface area contributed by atoms with E-state index in [9.17, 15) is 4.79 Å². The van der Waals surface area contributed by atoms with Crippen LogP contribution in [-0.2, 0) is 0 Å². The molecule has 1 aromatic heterocycles. The lowest BCUT2D eigenvalue weighted by molar-refractivity contribution is 0.0994. The third kappa shape index (κ3) is 3.22. The van der Waals surface area contributed by atoms with Crippen LogP contribution < -0.4 is 0 Å². The van der Waals surface area contributed by atoms with Crippen LogP contribution in [0, 0.1) is 6.92 Å². The van der Waals surface area contributed by atoms with Crippen LogP contribution in [0.25, 0.3) is 11.0 Å². The lowest BCUT2D eigenvalue weighted by atomic mass is 10.2. The van der Waals surface area contributed by atoms with Crippen molar-refractivity contribution in [2.75, 3.05) is 5.75 Å². The van der Waals surface area contributed by atoms with Crippen LogP contribution >= 0.6 is 27.7 Å². The zero-order valence-electron chi connectivity index (χ0n) is 11.4. The number of Topliss-reactive ketones (excluding diaryl/α,β-unsaturated/α-hetero) is 1. The predicted octanol–water partition coefficient (Wildman–Crippen LogP) is 5.48. The Morgan fingerprint density at radius 1 is 1.19 bits per heavy atom. The van der Waals surface area contributed by atoms with Gasteiger partial charge < -0.3 is 4.42 Å². The summed E-state index contributed by atoms with van der Waals surface area (Å²) in [4.78, 5) is 13.3. The number of halogens is 1. The Morgan fingerprint density at radius 3 is 2.81 bits per heavy atom. The number of carbonyl (C=O) groups is 1. The SMILES string of the molecule is Cc1ccc2oc(C(=O)CSc3ccccc3Br)cc2c1. The molecule has 0 aliphatic carbocycles. The fourth-order valence-electron chi connectivity index (χ4n) is 2.08. The number of ketones is 1. The first-order valence-electron chi connectivity index (χ1n) is 6.54. The molecule has 0 saturated heterocycles. The third-order valence-electron chi connectivity index (χ3n) is 3.14. The van der Waals surface area contributed by atoms with Crippen LogP contribution in [0.3, 0.4) is 0 Å². The van der Waals surface area contributed by atoms with Gasteiger partial charge >= 0.3 is 0 Å². The maximum Gasteiger partial charge on any atom is 0.208 e. The van der Waals surface area contributed by atoms with Crippen molar-refractivity contribution in [3.63, 3.8) is 0 Å². The Morgan fingerprint density at radius 2 is 2.00 bits per heavy atom. The molecule has 1 heterocycles. The first-order chi connectivity index (χ1) is 10.1. The molecule has 0 aliphatic rings. The van der Waals surface area contributed by atoms with E-state index in [-0.39, 0.29) is 5.78 Å². The van der Waals surface area contributed by atoms with Gasteiger partial charge in [-0.3, -0.25) is 4.79 Å². The molecule has 0 aliphatic heterocycles. The van der Waals surface area contributed by atoms with Crippen molar-refractivity contribution in [2.45, 2.75) is 11.8 Å². The van der Waals surface area contributed by atoms with Crippen molar-refractivity contribution in [3.8, 4) is 0 Å². The lowest BCUT2D eigenvalue weighted by Crippen LogP contribution is -2.00. The van der Waals surface area contributed by atoms with Crippen LogP contribution in [-0.4, -0.2) is 11.5 Å². The number of furan rings is 1. The fourth-order valence-corrected chi connectivity index (χ4v) is 3.51. The van der Waals surface area contributed by atoms with E-state index in [0.29, 0.717) is 11.5 Å². The highest BCUT2D eigenvalue weighted by Crippen LogP contribution is 2.28. The van der Waals surface area contributed by atoms with Crippen molar-refractivity contribution >= 4 is 44.4 Å². The average Bonchev–Trinajstić information content (AvgIpc) is 2.89. The van der Waals surface area contributed by atoms with Crippen LogP contribution in [0.5, 0.6) is 0 Å². The molecule has 2 aromatic carbocycles. The molecule has 0 fully saturated rings. The van der Waals surface area contributed by atoms with Crippen LogP contribution in [0.15, 0.2) is 62.3 Å². The molecule has 106 valence electrons. The maximum absolute atomic E-state index is 12.3. The van der Waals surface area contributed by atoms with Gasteiger partial charge in [-0.25, -0.2) is 0 Å². The van der Waals surface area contributed by atoms with Crippen molar-refractivity contribution in [3.05, 3.63) is 64.3 Å². The fraction of sp³-hybridized carbons (Fsp3) is 0.118. The monoisotopic (exact) mass is 360 g/mol. The molecule has 2 nitrogen and oxygen atoms in total. The number of hydrogen-bond donors (Lipinski definition) is 0. The van der Waals surface area contributed by atoms with Crippen LogP contribution in [0.2, 0.25) is 0 Å². The number of benzene rings is 2.